The molecule has 178 valence electrons. The minimum absolute atomic E-state index is 0.0190. The van der Waals surface area contributed by atoms with Gasteiger partial charge in [0.1, 0.15) is 16.9 Å². The van der Waals surface area contributed by atoms with Gasteiger partial charge in [-0.25, -0.2) is 4.98 Å². The van der Waals surface area contributed by atoms with Crippen LogP contribution in [0.25, 0.3) is 33.3 Å². The summed E-state index contributed by atoms with van der Waals surface area (Å²) in [6.07, 6.45) is 0.900. The zero-order valence-electron chi connectivity index (χ0n) is 19.7. The first kappa shape index (κ1) is 22.4. The van der Waals surface area contributed by atoms with Crippen LogP contribution in [0.2, 0.25) is 0 Å². The molecule has 34 heavy (non-hydrogen) atoms. The smallest absolute Gasteiger partial charge is 0.261 e. The van der Waals surface area contributed by atoms with E-state index in [2.05, 4.69) is 40.1 Å². The van der Waals surface area contributed by atoms with Crippen molar-refractivity contribution in [2.24, 2.45) is 11.7 Å². The molecule has 0 bridgehead atoms. The maximum absolute atomic E-state index is 13.3. The summed E-state index contributed by atoms with van der Waals surface area (Å²) < 4.78 is 5.52. The number of H-pyrrole nitrogens is 2. The first-order valence-electron chi connectivity index (χ1n) is 12.0. The predicted molar refractivity (Wildman–Crippen MR) is 139 cm³/mol. The second kappa shape index (κ2) is 9.48. The fourth-order valence-corrected chi connectivity index (χ4v) is 4.77. The Hall–Kier alpha value is -3.36. The van der Waals surface area contributed by atoms with E-state index in [0.717, 1.165) is 52.8 Å². The van der Waals surface area contributed by atoms with E-state index in [1.54, 1.807) is 0 Å². The summed E-state index contributed by atoms with van der Waals surface area (Å²) in [6.45, 7) is 7.92. The molecule has 1 aliphatic rings. The second-order valence-electron chi connectivity index (χ2n) is 9.38. The molecule has 5 rings (SSSR count). The van der Waals surface area contributed by atoms with Gasteiger partial charge in [0.2, 0.25) is 0 Å². The molecule has 2 aromatic heterocycles. The lowest BCUT2D eigenvalue weighted by atomic mass is 10.0. The van der Waals surface area contributed by atoms with Gasteiger partial charge in [-0.3, -0.25) is 4.79 Å². The van der Waals surface area contributed by atoms with E-state index in [1.165, 1.54) is 0 Å². The van der Waals surface area contributed by atoms with Crippen LogP contribution >= 0.6 is 0 Å². The highest BCUT2D eigenvalue weighted by Crippen LogP contribution is 2.33. The zero-order valence-corrected chi connectivity index (χ0v) is 19.7. The Morgan fingerprint density at radius 1 is 1.09 bits per heavy atom. The van der Waals surface area contributed by atoms with Crippen molar-refractivity contribution in [3.63, 3.8) is 0 Å². The van der Waals surface area contributed by atoms with Gasteiger partial charge in [-0.1, -0.05) is 38.1 Å². The van der Waals surface area contributed by atoms with Crippen LogP contribution in [0.3, 0.4) is 0 Å². The number of fused-ring (bicyclic) bond motifs is 2. The van der Waals surface area contributed by atoms with Crippen LogP contribution in [0.4, 0.5) is 11.4 Å². The van der Waals surface area contributed by atoms with E-state index in [0.29, 0.717) is 37.1 Å². The average molecular weight is 461 g/mol. The first-order chi connectivity index (χ1) is 16.5. The van der Waals surface area contributed by atoms with Gasteiger partial charge in [-0.15, -0.1) is 0 Å². The van der Waals surface area contributed by atoms with Gasteiger partial charge < -0.3 is 30.7 Å². The maximum Gasteiger partial charge on any atom is 0.261 e. The number of nitrogens with two attached hydrogens (primary N) is 1. The highest BCUT2D eigenvalue weighted by atomic mass is 16.5. The van der Waals surface area contributed by atoms with Crippen molar-refractivity contribution < 1.29 is 4.74 Å². The molecular weight excluding hydrogens is 428 g/mol. The largest absolute Gasteiger partial charge is 0.382 e. The van der Waals surface area contributed by atoms with Crippen LogP contribution < -0.4 is 21.5 Å². The highest BCUT2D eigenvalue weighted by molar-refractivity contribution is 6.00. The van der Waals surface area contributed by atoms with E-state index in [-0.39, 0.29) is 11.6 Å². The number of aromatic amines is 2. The number of rotatable bonds is 7. The number of anilines is 2. The average Bonchev–Trinajstić information content (AvgIpc) is 3.26. The Morgan fingerprint density at radius 2 is 1.85 bits per heavy atom. The number of hydrogen-bond donors (Lipinski definition) is 4. The molecule has 2 aromatic carbocycles. The van der Waals surface area contributed by atoms with Crippen LogP contribution in [0.15, 0.2) is 47.3 Å². The minimum atomic E-state index is -0.189. The molecule has 5 N–H and O–H groups in total. The summed E-state index contributed by atoms with van der Waals surface area (Å²) >= 11 is 0. The molecule has 8 heteroatoms. The Bertz CT molecular complexity index is 1350. The van der Waals surface area contributed by atoms with Gasteiger partial charge in [0.25, 0.3) is 5.56 Å². The van der Waals surface area contributed by atoms with E-state index < -0.39 is 0 Å². The van der Waals surface area contributed by atoms with Gasteiger partial charge in [-0.2, -0.15) is 0 Å². The van der Waals surface area contributed by atoms with Gasteiger partial charge in [0, 0.05) is 31.1 Å². The molecule has 0 amide bonds. The van der Waals surface area contributed by atoms with Crippen molar-refractivity contribution in [3.05, 3.63) is 52.8 Å². The number of imidazole rings is 1. The monoisotopic (exact) mass is 460 g/mol. The number of nitrogens with zero attached hydrogens (tertiary/aromatic N) is 2. The summed E-state index contributed by atoms with van der Waals surface area (Å²) in [4.78, 5) is 27.0. The van der Waals surface area contributed by atoms with Crippen LogP contribution in [-0.2, 0) is 4.74 Å². The van der Waals surface area contributed by atoms with Crippen molar-refractivity contribution in [2.75, 3.05) is 43.1 Å². The van der Waals surface area contributed by atoms with Crippen LogP contribution in [0, 0.1) is 5.92 Å². The topological polar surface area (TPSA) is 112 Å². The quantitative estimate of drug-likeness (QED) is 0.335. The predicted octanol–water partition coefficient (Wildman–Crippen LogP) is 3.69. The standard InChI is InChI=1S/C26H32N6O2/c1-16(2)14-17(27)15-28-23-18-6-3-4-7-19(18)30-26(33)22(23)25-29-20-8-5-9-21(24(20)31-25)32-10-12-34-13-11-32/h3-9,16-17H,10-15,27H2,1-2H3,(H,29,31)(H2,28,30,33). The number of benzene rings is 2. The van der Waals surface area contributed by atoms with Crippen molar-refractivity contribution >= 4 is 33.3 Å². The Balaban J connectivity index is 1.61. The molecule has 1 aliphatic heterocycles. The molecule has 0 radical (unpaired) electrons. The molecule has 0 aliphatic carbocycles. The third-order valence-corrected chi connectivity index (χ3v) is 6.32. The number of aromatic nitrogens is 3. The second-order valence-corrected chi connectivity index (χ2v) is 9.38. The molecule has 4 aromatic rings. The molecule has 1 unspecified atom stereocenters. The number of pyridine rings is 1. The molecule has 8 nitrogen and oxygen atoms in total. The summed E-state index contributed by atoms with van der Waals surface area (Å²) in [5.41, 5.74) is 11.0. The molecule has 1 fully saturated rings. The normalized spacial score (nSPS) is 15.4. The summed E-state index contributed by atoms with van der Waals surface area (Å²) in [5, 5.41) is 4.42. The highest BCUT2D eigenvalue weighted by Gasteiger charge is 2.21. The third-order valence-electron chi connectivity index (χ3n) is 6.32. The van der Waals surface area contributed by atoms with Crippen LogP contribution in [-0.4, -0.2) is 53.8 Å². The Labute approximate surface area is 198 Å². The van der Waals surface area contributed by atoms with E-state index >= 15 is 0 Å². The lowest BCUT2D eigenvalue weighted by molar-refractivity contribution is 0.123. The van der Waals surface area contributed by atoms with Crippen molar-refractivity contribution in [2.45, 2.75) is 26.3 Å². The van der Waals surface area contributed by atoms with Gasteiger partial charge >= 0.3 is 0 Å². The fourth-order valence-electron chi connectivity index (χ4n) is 4.77. The zero-order chi connectivity index (χ0) is 23.7. The minimum Gasteiger partial charge on any atom is -0.382 e. The van der Waals surface area contributed by atoms with Gasteiger partial charge in [-0.05, 0) is 30.5 Å². The molecule has 1 saturated heterocycles. The molecule has 0 saturated carbocycles. The molecule has 3 heterocycles. The van der Waals surface area contributed by atoms with Crippen molar-refractivity contribution in [3.8, 4) is 11.4 Å². The lowest BCUT2D eigenvalue weighted by Crippen LogP contribution is -2.36. The third kappa shape index (κ3) is 4.38. The number of ether oxygens (including phenoxy) is 1. The maximum atomic E-state index is 13.3. The summed E-state index contributed by atoms with van der Waals surface area (Å²) in [7, 11) is 0. The Kier molecular flexibility index (Phi) is 6.26. The summed E-state index contributed by atoms with van der Waals surface area (Å²) in [6, 6.07) is 13.9. The van der Waals surface area contributed by atoms with Crippen LogP contribution in [0.5, 0.6) is 0 Å². The van der Waals surface area contributed by atoms with E-state index in [1.807, 2.05) is 36.4 Å². The number of nitrogens with one attached hydrogen (secondary N) is 3. The lowest BCUT2D eigenvalue weighted by Gasteiger charge is -2.28. The first-order valence-corrected chi connectivity index (χ1v) is 12.0. The van der Waals surface area contributed by atoms with Crippen LogP contribution in [0.1, 0.15) is 20.3 Å². The van der Waals surface area contributed by atoms with Gasteiger partial charge in [0.15, 0.2) is 0 Å². The van der Waals surface area contributed by atoms with Crippen molar-refractivity contribution in [1.29, 1.82) is 0 Å². The Morgan fingerprint density at radius 3 is 2.65 bits per heavy atom. The summed E-state index contributed by atoms with van der Waals surface area (Å²) in [5.74, 6) is 1.05. The number of hydrogen-bond acceptors (Lipinski definition) is 6. The SMILES string of the molecule is CC(C)CC(N)CNc1c(-c2nc3c(N4CCOCC4)cccc3[nH]2)c(=O)[nH]c2ccccc12. The molecular formula is C26H32N6O2. The number of para-hydroxylation sites is 2. The van der Waals surface area contributed by atoms with Gasteiger partial charge in [0.05, 0.1) is 35.6 Å². The fraction of sp³-hybridized carbons (Fsp3) is 0.385. The molecule has 0 spiro atoms. The van der Waals surface area contributed by atoms with Crippen molar-refractivity contribution in [1.82, 2.24) is 15.0 Å². The van der Waals surface area contributed by atoms with E-state index in [4.69, 9.17) is 15.5 Å². The molecule has 1 atom stereocenters. The van der Waals surface area contributed by atoms with E-state index in [9.17, 15) is 4.79 Å². The number of morpholine rings is 1.